The summed E-state index contributed by atoms with van der Waals surface area (Å²) < 4.78 is 52.2. The molecular weight excluding hydrogens is 400 g/mol. The molecule has 3 aromatic rings. The Morgan fingerprint density at radius 1 is 1.03 bits per heavy atom. The van der Waals surface area contributed by atoms with E-state index in [0.717, 1.165) is 17.7 Å². The number of carbonyl (C=O) groups excluding carboxylic acids is 1. The SMILES string of the molecule is O=C1NCCc2c1ccnc2-c1cc(/C=C/c2cc(F)cc(C(F)(F)F)c2)ncn1. The molecule has 0 bridgehead atoms. The number of aromatic nitrogens is 3. The molecule has 0 aliphatic carbocycles. The number of halogens is 4. The van der Waals surface area contributed by atoms with E-state index in [-0.39, 0.29) is 11.5 Å². The lowest BCUT2D eigenvalue weighted by Gasteiger charge is -2.18. The van der Waals surface area contributed by atoms with Gasteiger partial charge in [0.25, 0.3) is 5.91 Å². The number of amides is 1. The lowest BCUT2D eigenvalue weighted by molar-refractivity contribution is -0.137. The minimum Gasteiger partial charge on any atom is -0.352 e. The monoisotopic (exact) mass is 414 g/mol. The minimum atomic E-state index is -4.64. The molecule has 0 unspecified atom stereocenters. The van der Waals surface area contributed by atoms with E-state index in [2.05, 4.69) is 20.3 Å². The molecule has 1 N–H and O–H groups in total. The fraction of sp³-hybridized carbons (Fsp3) is 0.143. The maximum Gasteiger partial charge on any atom is 0.416 e. The van der Waals surface area contributed by atoms with Gasteiger partial charge in [0.1, 0.15) is 12.1 Å². The predicted molar refractivity (Wildman–Crippen MR) is 102 cm³/mol. The van der Waals surface area contributed by atoms with Crippen LogP contribution in [0.5, 0.6) is 0 Å². The van der Waals surface area contributed by atoms with Crippen molar-refractivity contribution in [3.05, 3.63) is 76.6 Å². The Kier molecular flexibility index (Phi) is 5.03. The molecule has 0 spiro atoms. The predicted octanol–water partition coefficient (Wildman–Crippen LogP) is 4.15. The topological polar surface area (TPSA) is 67.8 Å². The molecule has 1 aromatic carbocycles. The van der Waals surface area contributed by atoms with Gasteiger partial charge in [-0.15, -0.1) is 0 Å². The summed E-state index contributed by atoms with van der Waals surface area (Å²) in [7, 11) is 0. The average Bonchev–Trinajstić information content (AvgIpc) is 2.71. The fourth-order valence-electron chi connectivity index (χ4n) is 3.22. The van der Waals surface area contributed by atoms with Gasteiger partial charge in [0.15, 0.2) is 0 Å². The largest absolute Gasteiger partial charge is 0.416 e. The zero-order valence-corrected chi connectivity index (χ0v) is 15.4. The van der Waals surface area contributed by atoms with Gasteiger partial charge in [0, 0.05) is 18.3 Å². The normalized spacial score (nSPS) is 13.9. The van der Waals surface area contributed by atoms with E-state index in [4.69, 9.17) is 0 Å². The molecule has 4 rings (SSSR count). The minimum absolute atomic E-state index is 0.0503. The molecule has 0 atom stereocenters. The summed E-state index contributed by atoms with van der Waals surface area (Å²) in [4.78, 5) is 24.7. The van der Waals surface area contributed by atoms with Gasteiger partial charge in [-0.1, -0.05) is 6.08 Å². The molecule has 9 heteroatoms. The summed E-state index contributed by atoms with van der Waals surface area (Å²) in [6, 6.07) is 5.55. The number of nitrogens with zero attached hydrogens (tertiary/aromatic N) is 3. The second kappa shape index (κ2) is 7.66. The number of rotatable bonds is 3. The van der Waals surface area contributed by atoms with Crippen molar-refractivity contribution in [2.75, 3.05) is 6.54 Å². The van der Waals surface area contributed by atoms with Gasteiger partial charge in [-0.3, -0.25) is 9.78 Å². The van der Waals surface area contributed by atoms with Crippen molar-refractivity contribution in [1.29, 1.82) is 0 Å². The van der Waals surface area contributed by atoms with Crippen molar-refractivity contribution >= 4 is 18.1 Å². The zero-order chi connectivity index (χ0) is 21.3. The summed E-state index contributed by atoms with van der Waals surface area (Å²) in [6.45, 7) is 0.490. The van der Waals surface area contributed by atoms with Crippen LogP contribution in [0, 0.1) is 5.82 Å². The summed E-state index contributed by atoms with van der Waals surface area (Å²) in [5.41, 5.74) is 1.71. The summed E-state index contributed by atoms with van der Waals surface area (Å²) in [6.07, 6.45) is 1.57. The quantitative estimate of drug-likeness (QED) is 0.654. The Morgan fingerprint density at radius 3 is 2.67 bits per heavy atom. The highest BCUT2D eigenvalue weighted by atomic mass is 19.4. The molecule has 0 saturated carbocycles. The van der Waals surface area contributed by atoms with Crippen molar-refractivity contribution < 1.29 is 22.4 Å². The maximum atomic E-state index is 13.6. The van der Waals surface area contributed by atoms with Crippen molar-refractivity contribution in [3.63, 3.8) is 0 Å². The van der Waals surface area contributed by atoms with Gasteiger partial charge >= 0.3 is 6.18 Å². The van der Waals surface area contributed by atoms with E-state index in [0.29, 0.717) is 41.7 Å². The number of benzene rings is 1. The first kappa shape index (κ1) is 19.7. The summed E-state index contributed by atoms with van der Waals surface area (Å²) in [5, 5.41) is 2.77. The molecule has 0 radical (unpaired) electrons. The smallest absolute Gasteiger partial charge is 0.352 e. The Morgan fingerprint density at radius 2 is 1.87 bits per heavy atom. The Labute approximate surface area is 168 Å². The summed E-state index contributed by atoms with van der Waals surface area (Å²) in [5.74, 6) is -1.16. The molecule has 1 aliphatic heterocycles. The second-order valence-electron chi connectivity index (χ2n) is 6.62. The van der Waals surface area contributed by atoms with Gasteiger partial charge in [-0.2, -0.15) is 13.2 Å². The van der Waals surface area contributed by atoms with Crippen molar-refractivity contribution in [2.24, 2.45) is 0 Å². The van der Waals surface area contributed by atoms with Crippen LogP contribution in [-0.2, 0) is 12.6 Å². The van der Waals surface area contributed by atoms with Crippen LogP contribution in [0.2, 0.25) is 0 Å². The van der Waals surface area contributed by atoms with E-state index >= 15 is 0 Å². The Balaban J connectivity index is 1.67. The number of pyridine rings is 1. The van der Waals surface area contributed by atoms with Gasteiger partial charge in [0.2, 0.25) is 0 Å². The highest BCUT2D eigenvalue weighted by Crippen LogP contribution is 2.31. The molecule has 3 heterocycles. The second-order valence-corrected chi connectivity index (χ2v) is 6.62. The molecular formula is C21H14F4N4O. The Hall–Kier alpha value is -3.62. The molecule has 1 amide bonds. The van der Waals surface area contributed by atoms with Gasteiger partial charge in [0.05, 0.1) is 22.6 Å². The lowest BCUT2D eigenvalue weighted by atomic mass is 9.97. The molecule has 5 nitrogen and oxygen atoms in total. The van der Waals surface area contributed by atoms with E-state index in [1.165, 1.54) is 24.7 Å². The molecule has 2 aromatic heterocycles. The van der Waals surface area contributed by atoms with Crippen LogP contribution in [0.25, 0.3) is 23.5 Å². The van der Waals surface area contributed by atoms with E-state index in [1.807, 2.05) is 0 Å². The fourth-order valence-corrected chi connectivity index (χ4v) is 3.22. The molecule has 0 fully saturated rings. The first-order chi connectivity index (χ1) is 14.3. The highest BCUT2D eigenvalue weighted by Gasteiger charge is 2.31. The van der Waals surface area contributed by atoms with Crippen LogP contribution in [0.4, 0.5) is 17.6 Å². The molecule has 1 aliphatic rings. The van der Waals surface area contributed by atoms with Gasteiger partial charge in [-0.25, -0.2) is 14.4 Å². The highest BCUT2D eigenvalue weighted by molar-refractivity contribution is 5.98. The maximum absolute atomic E-state index is 13.6. The van der Waals surface area contributed by atoms with E-state index in [9.17, 15) is 22.4 Å². The third kappa shape index (κ3) is 4.05. The third-order valence-corrected chi connectivity index (χ3v) is 4.59. The third-order valence-electron chi connectivity index (χ3n) is 4.59. The van der Waals surface area contributed by atoms with E-state index in [1.54, 1.807) is 12.1 Å². The standard InChI is InChI=1S/C21H14F4N4O/c22-14-8-12(7-13(9-14)21(23,24)25)1-2-15-10-18(29-11-28-15)19-16-3-6-27-20(30)17(16)4-5-26-19/h1-2,4-5,7-11H,3,6H2,(H,27,30)/b2-1+. The average molecular weight is 414 g/mol. The number of alkyl halides is 3. The Bertz CT molecular complexity index is 1160. The number of hydrogen-bond donors (Lipinski definition) is 1. The lowest BCUT2D eigenvalue weighted by Crippen LogP contribution is -2.32. The molecule has 30 heavy (non-hydrogen) atoms. The first-order valence-corrected chi connectivity index (χ1v) is 8.95. The van der Waals surface area contributed by atoms with Crippen molar-refractivity contribution in [3.8, 4) is 11.4 Å². The molecule has 152 valence electrons. The summed E-state index contributed by atoms with van der Waals surface area (Å²) >= 11 is 0. The van der Waals surface area contributed by atoms with E-state index < -0.39 is 17.6 Å². The van der Waals surface area contributed by atoms with Crippen molar-refractivity contribution in [1.82, 2.24) is 20.3 Å². The number of carbonyl (C=O) groups is 1. The van der Waals surface area contributed by atoms with Crippen LogP contribution >= 0.6 is 0 Å². The number of hydrogen-bond acceptors (Lipinski definition) is 4. The first-order valence-electron chi connectivity index (χ1n) is 8.95. The van der Waals surface area contributed by atoms with Crippen LogP contribution < -0.4 is 5.32 Å². The van der Waals surface area contributed by atoms with Crippen LogP contribution in [0.1, 0.15) is 32.7 Å². The number of nitrogens with one attached hydrogen (secondary N) is 1. The van der Waals surface area contributed by atoms with Crippen LogP contribution in [0.3, 0.4) is 0 Å². The van der Waals surface area contributed by atoms with Gasteiger partial charge in [-0.05, 0) is 54.0 Å². The zero-order valence-electron chi connectivity index (χ0n) is 15.4. The molecule has 0 saturated heterocycles. The van der Waals surface area contributed by atoms with Crippen LogP contribution in [0.15, 0.2) is 42.9 Å². The van der Waals surface area contributed by atoms with Crippen LogP contribution in [-0.4, -0.2) is 27.4 Å². The number of fused-ring (bicyclic) bond motifs is 1. The van der Waals surface area contributed by atoms with Gasteiger partial charge < -0.3 is 5.32 Å². The van der Waals surface area contributed by atoms with Crippen molar-refractivity contribution in [2.45, 2.75) is 12.6 Å².